The Kier molecular flexibility index (Phi) is 10.8. The van der Waals surface area contributed by atoms with Gasteiger partial charge >= 0.3 is 5.97 Å². The number of unbranched alkanes of at least 4 members (excludes halogenated alkanes) is 1. The molecule has 0 unspecified atom stereocenters. The third kappa shape index (κ3) is 7.66. The first-order valence-corrected chi connectivity index (χ1v) is 14.2. The Morgan fingerprint density at radius 1 is 0.875 bits per heavy atom. The van der Waals surface area contributed by atoms with Crippen molar-refractivity contribution < 1.29 is 37.0 Å². The summed E-state index contributed by atoms with van der Waals surface area (Å²) in [7, 11) is -1.36. The summed E-state index contributed by atoms with van der Waals surface area (Å²) in [5, 5.41) is 2.69. The molecule has 1 amide bonds. The number of nitrogens with one attached hydrogen (secondary N) is 1. The lowest BCUT2D eigenvalue weighted by Gasteiger charge is -2.25. The largest absolute Gasteiger partial charge is 0.494 e. The number of rotatable bonds is 14. The Bertz CT molecular complexity index is 1390. The van der Waals surface area contributed by atoms with E-state index in [4.69, 9.17) is 18.9 Å². The molecule has 1 N–H and O–H groups in total. The van der Waals surface area contributed by atoms with Gasteiger partial charge in [-0.15, -0.1) is 0 Å². The summed E-state index contributed by atoms with van der Waals surface area (Å²) in [6, 6.07) is 16.8. The van der Waals surface area contributed by atoms with Gasteiger partial charge in [-0.05, 0) is 74.0 Å². The van der Waals surface area contributed by atoms with Gasteiger partial charge < -0.3 is 24.3 Å². The van der Waals surface area contributed by atoms with E-state index in [9.17, 15) is 18.0 Å². The van der Waals surface area contributed by atoms with Crippen LogP contribution in [0.3, 0.4) is 0 Å². The summed E-state index contributed by atoms with van der Waals surface area (Å²) in [5.74, 6) is 0.121. The highest BCUT2D eigenvalue weighted by Gasteiger charge is 2.28. The van der Waals surface area contributed by atoms with Crippen molar-refractivity contribution in [2.45, 2.75) is 31.6 Å². The van der Waals surface area contributed by atoms with Gasteiger partial charge in [-0.1, -0.05) is 13.3 Å². The predicted octanol–water partition coefficient (Wildman–Crippen LogP) is 4.89. The van der Waals surface area contributed by atoms with Gasteiger partial charge in [0, 0.05) is 11.8 Å². The fraction of sp³-hybridized carbons (Fsp3) is 0.310. The van der Waals surface area contributed by atoms with Gasteiger partial charge in [0.15, 0.2) is 11.5 Å². The fourth-order valence-corrected chi connectivity index (χ4v) is 5.14. The summed E-state index contributed by atoms with van der Waals surface area (Å²) < 4.78 is 49.8. The van der Waals surface area contributed by atoms with Crippen LogP contribution in [0, 0.1) is 0 Å². The van der Waals surface area contributed by atoms with Crippen LogP contribution in [-0.2, 0) is 19.6 Å². The van der Waals surface area contributed by atoms with Gasteiger partial charge in [0.1, 0.15) is 12.3 Å². The Balaban J connectivity index is 1.86. The maximum atomic E-state index is 13.8. The average molecular weight is 571 g/mol. The van der Waals surface area contributed by atoms with E-state index in [0.29, 0.717) is 36.0 Å². The van der Waals surface area contributed by atoms with Crippen LogP contribution in [0.1, 0.15) is 37.0 Å². The first-order valence-electron chi connectivity index (χ1n) is 12.8. The summed E-state index contributed by atoms with van der Waals surface area (Å²) in [6.07, 6.45) is 1.69. The first kappa shape index (κ1) is 30.3. The van der Waals surface area contributed by atoms with Gasteiger partial charge in [0.05, 0.1) is 43.6 Å². The zero-order valence-corrected chi connectivity index (χ0v) is 23.8. The number of nitrogens with zero attached hydrogens (tertiary/aromatic N) is 1. The smallest absolute Gasteiger partial charge is 0.338 e. The number of ether oxygens (including phenoxy) is 4. The van der Waals surface area contributed by atoms with E-state index in [-0.39, 0.29) is 16.3 Å². The van der Waals surface area contributed by atoms with Crippen LogP contribution in [0.25, 0.3) is 0 Å². The van der Waals surface area contributed by atoms with Crippen LogP contribution in [0.4, 0.5) is 11.4 Å². The predicted molar refractivity (Wildman–Crippen MR) is 152 cm³/mol. The third-order valence-electron chi connectivity index (χ3n) is 5.80. The molecule has 3 aromatic rings. The molecule has 0 aliphatic carbocycles. The second-order valence-corrected chi connectivity index (χ2v) is 10.4. The number of carbonyl (C=O) groups excluding carboxylic acids is 2. The molecule has 0 saturated heterocycles. The molecular formula is C29H34N2O8S. The average Bonchev–Trinajstić information content (AvgIpc) is 2.96. The van der Waals surface area contributed by atoms with E-state index in [1.54, 1.807) is 36.4 Å². The van der Waals surface area contributed by atoms with E-state index >= 15 is 0 Å². The fourth-order valence-electron chi connectivity index (χ4n) is 3.71. The molecule has 40 heavy (non-hydrogen) atoms. The van der Waals surface area contributed by atoms with Gasteiger partial charge in [0.25, 0.3) is 10.0 Å². The van der Waals surface area contributed by atoms with E-state index < -0.39 is 28.4 Å². The van der Waals surface area contributed by atoms with Gasteiger partial charge in [-0.25, -0.2) is 13.2 Å². The molecule has 0 aromatic heterocycles. The molecule has 0 saturated carbocycles. The van der Waals surface area contributed by atoms with Crippen molar-refractivity contribution in [2.24, 2.45) is 0 Å². The third-order valence-corrected chi connectivity index (χ3v) is 7.57. The second kappa shape index (κ2) is 14.2. The number of methoxy groups -OCH3 is 2. The van der Waals surface area contributed by atoms with Crippen molar-refractivity contribution in [1.82, 2.24) is 0 Å². The molecule has 0 atom stereocenters. The number of sulfonamides is 1. The highest BCUT2D eigenvalue weighted by atomic mass is 32.2. The molecule has 0 aliphatic rings. The summed E-state index contributed by atoms with van der Waals surface area (Å²) >= 11 is 0. The van der Waals surface area contributed by atoms with Crippen LogP contribution in [0.5, 0.6) is 17.2 Å². The molecule has 0 spiro atoms. The Morgan fingerprint density at radius 2 is 1.55 bits per heavy atom. The maximum absolute atomic E-state index is 13.8. The number of esters is 1. The summed E-state index contributed by atoms with van der Waals surface area (Å²) in [6.45, 7) is 4.11. The van der Waals surface area contributed by atoms with Crippen molar-refractivity contribution in [3.05, 3.63) is 72.3 Å². The van der Waals surface area contributed by atoms with E-state index in [2.05, 4.69) is 5.32 Å². The van der Waals surface area contributed by atoms with Crippen LogP contribution in [0.2, 0.25) is 0 Å². The van der Waals surface area contributed by atoms with Crippen molar-refractivity contribution in [3.63, 3.8) is 0 Å². The Labute approximate surface area is 234 Å². The molecule has 0 fully saturated rings. The SMILES string of the molecule is CCCCOC(=O)c1ccc(NC(=O)CN(c2ccc(OCC)cc2)S(=O)(=O)c2ccc(OC)c(OC)c2)cc1. The molecule has 11 heteroatoms. The molecule has 0 heterocycles. The van der Waals surface area contributed by atoms with Crippen molar-refractivity contribution in [1.29, 1.82) is 0 Å². The number of hydrogen-bond acceptors (Lipinski definition) is 8. The van der Waals surface area contributed by atoms with Crippen LogP contribution in [0.15, 0.2) is 71.6 Å². The van der Waals surface area contributed by atoms with Gasteiger partial charge in [-0.3, -0.25) is 9.10 Å². The first-order chi connectivity index (χ1) is 19.2. The van der Waals surface area contributed by atoms with E-state index in [0.717, 1.165) is 17.1 Å². The molecular weight excluding hydrogens is 536 g/mol. The van der Waals surface area contributed by atoms with Crippen molar-refractivity contribution >= 4 is 33.3 Å². The van der Waals surface area contributed by atoms with E-state index in [1.807, 2.05) is 13.8 Å². The number of benzene rings is 3. The zero-order valence-electron chi connectivity index (χ0n) is 23.0. The lowest BCUT2D eigenvalue weighted by molar-refractivity contribution is -0.114. The molecule has 10 nitrogen and oxygen atoms in total. The molecule has 3 aromatic carbocycles. The van der Waals surface area contributed by atoms with Crippen LogP contribution >= 0.6 is 0 Å². The lowest BCUT2D eigenvalue weighted by atomic mass is 10.2. The van der Waals surface area contributed by atoms with E-state index in [1.165, 1.54) is 44.6 Å². The highest BCUT2D eigenvalue weighted by Crippen LogP contribution is 2.32. The minimum absolute atomic E-state index is 0.0854. The minimum Gasteiger partial charge on any atom is -0.494 e. The Hall–Kier alpha value is -4.25. The zero-order chi connectivity index (χ0) is 29.1. The summed E-state index contributed by atoms with van der Waals surface area (Å²) in [5.41, 5.74) is 1.00. The number of hydrogen-bond donors (Lipinski definition) is 1. The molecule has 0 aliphatic heterocycles. The molecule has 3 rings (SSSR count). The van der Waals surface area contributed by atoms with Crippen molar-refractivity contribution in [2.75, 3.05) is 43.6 Å². The number of amides is 1. The topological polar surface area (TPSA) is 120 Å². The number of carbonyl (C=O) groups is 2. The summed E-state index contributed by atoms with van der Waals surface area (Å²) in [4.78, 5) is 25.1. The van der Waals surface area contributed by atoms with Crippen LogP contribution < -0.4 is 23.8 Å². The van der Waals surface area contributed by atoms with Gasteiger partial charge in [0.2, 0.25) is 5.91 Å². The standard InChI is InChI=1S/C29H34N2O8S/c1-5-7-18-39-29(33)21-8-10-22(11-9-21)30-28(32)20-31(23-12-14-24(15-13-23)38-6-2)40(34,35)25-16-17-26(36-3)27(19-25)37-4/h8-17,19H,5-7,18,20H2,1-4H3,(H,30,32). The normalized spacial score (nSPS) is 10.9. The molecule has 0 bridgehead atoms. The van der Waals surface area contributed by atoms with Crippen molar-refractivity contribution in [3.8, 4) is 17.2 Å². The van der Waals surface area contributed by atoms with Crippen LogP contribution in [-0.4, -0.2) is 54.3 Å². The quantitative estimate of drug-likeness (QED) is 0.215. The maximum Gasteiger partial charge on any atom is 0.338 e. The highest BCUT2D eigenvalue weighted by molar-refractivity contribution is 7.92. The Morgan fingerprint density at radius 3 is 2.15 bits per heavy atom. The monoisotopic (exact) mass is 570 g/mol. The minimum atomic E-state index is -4.22. The number of anilines is 2. The second-order valence-electron chi connectivity index (χ2n) is 8.57. The van der Waals surface area contributed by atoms with Gasteiger partial charge in [-0.2, -0.15) is 0 Å². The molecule has 214 valence electrons. The molecule has 0 radical (unpaired) electrons. The lowest BCUT2D eigenvalue weighted by Crippen LogP contribution is -2.38.